The van der Waals surface area contributed by atoms with Crippen LogP contribution in [0.4, 0.5) is 5.69 Å². The van der Waals surface area contributed by atoms with Gasteiger partial charge < -0.3 is 4.90 Å². The first-order chi connectivity index (χ1) is 13.3. The van der Waals surface area contributed by atoms with Gasteiger partial charge in [0, 0.05) is 41.7 Å². The minimum absolute atomic E-state index is 0.0681. The summed E-state index contributed by atoms with van der Waals surface area (Å²) >= 11 is 6.38. The zero-order chi connectivity index (χ0) is 20.4. The number of nitrogens with zero attached hydrogens (tertiary/aromatic N) is 1. The smallest absolute Gasteiger partial charge is 0.163 e. The van der Waals surface area contributed by atoms with Gasteiger partial charge in [0.25, 0.3) is 0 Å². The second kappa shape index (κ2) is 8.65. The van der Waals surface area contributed by atoms with Crippen molar-refractivity contribution >= 4 is 28.9 Å². The van der Waals surface area contributed by atoms with Crippen molar-refractivity contribution in [3.05, 3.63) is 51.6 Å². The van der Waals surface area contributed by atoms with Crippen molar-refractivity contribution in [1.29, 1.82) is 0 Å². The van der Waals surface area contributed by atoms with Crippen LogP contribution in [0.15, 0.2) is 35.4 Å². The second-order valence-corrected chi connectivity index (χ2v) is 8.90. The zero-order valence-electron chi connectivity index (χ0n) is 17.3. The molecule has 1 saturated heterocycles. The van der Waals surface area contributed by atoms with Crippen molar-refractivity contribution in [3.63, 3.8) is 0 Å². The van der Waals surface area contributed by atoms with Gasteiger partial charge in [0.05, 0.1) is 0 Å². The molecule has 1 aromatic rings. The van der Waals surface area contributed by atoms with E-state index < -0.39 is 0 Å². The average Bonchev–Trinajstić information content (AvgIpc) is 2.63. The molecule has 0 N–H and O–H groups in total. The molecule has 1 aliphatic heterocycles. The average molecular weight is 400 g/mol. The molecule has 4 heteroatoms. The summed E-state index contributed by atoms with van der Waals surface area (Å²) in [5, 5.41) is 0.603. The van der Waals surface area contributed by atoms with Gasteiger partial charge in [-0.2, -0.15) is 0 Å². The number of allylic oxidation sites excluding steroid dienone is 4. The lowest BCUT2D eigenvalue weighted by Crippen LogP contribution is -2.33. The number of rotatable bonds is 5. The van der Waals surface area contributed by atoms with E-state index in [0.29, 0.717) is 23.4 Å². The van der Waals surface area contributed by atoms with E-state index in [1.807, 2.05) is 32.9 Å². The molecule has 1 aromatic carbocycles. The summed E-state index contributed by atoms with van der Waals surface area (Å²) in [6.07, 6.45) is 6.95. The van der Waals surface area contributed by atoms with Crippen molar-refractivity contribution in [3.8, 4) is 0 Å². The van der Waals surface area contributed by atoms with Crippen LogP contribution in [-0.4, -0.2) is 24.7 Å². The maximum absolute atomic E-state index is 13.0. The van der Waals surface area contributed by atoms with Gasteiger partial charge in [0.2, 0.25) is 0 Å². The van der Waals surface area contributed by atoms with E-state index in [1.165, 1.54) is 0 Å². The first-order valence-electron chi connectivity index (χ1n) is 10.2. The first-order valence-corrected chi connectivity index (χ1v) is 10.6. The zero-order valence-corrected chi connectivity index (χ0v) is 18.1. The molecule has 0 saturated carbocycles. The van der Waals surface area contributed by atoms with Crippen LogP contribution < -0.4 is 4.90 Å². The van der Waals surface area contributed by atoms with Gasteiger partial charge in [-0.25, -0.2) is 0 Å². The third kappa shape index (κ3) is 4.57. The molecule has 1 heterocycles. The Kier molecular flexibility index (Phi) is 6.44. The summed E-state index contributed by atoms with van der Waals surface area (Å²) in [5.74, 6) is 0.740. The number of ketones is 2. The van der Waals surface area contributed by atoms with E-state index >= 15 is 0 Å². The monoisotopic (exact) mass is 399 g/mol. The standard InChI is InChI=1S/C24H30ClNO2/c1-15-7-9-26(10-8-15)22-14-19(25)13-21(18(22)4)23(27)6-5-20-17(3)11-16(2)12-24(20)28/h11-15,20H,5-10H2,1-4H3. The Labute approximate surface area is 173 Å². The molecule has 0 bridgehead atoms. The van der Waals surface area contributed by atoms with Crippen molar-refractivity contribution in [2.24, 2.45) is 11.8 Å². The normalized spacial score (nSPS) is 20.8. The van der Waals surface area contributed by atoms with Crippen LogP contribution in [0.25, 0.3) is 0 Å². The van der Waals surface area contributed by atoms with E-state index in [0.717, 1.165) is 54.2 Å². The number of Topliss-reactive ketones (excluding diaryl/α,β-unsaturated/α-hetero) is 1. The quantitative estimate of drug-likeness (QED) is 0.575. The van der Waals surface area contributed by atoms with E-state index in [4.69, 9.17) is 11.6 Å². The van der Waals surface area contributed by atoms with Crippen LogP contribution >= 0.6 is 11.6 Å². The molecule has 1 atom stereocenters. The highest BCUT2D eigenvalue weighted by molar-refractivity contribution is 6.31. The van der Waals surface area contributed by atoms with Crippen LogP contribution in [0, 0.1) is 18.8 Å². The van der Waals surface area contributed by atoms with Gasteiger partial charge >= 0.3 is 0 Å². The summed E-state index contributed by atoms with van der Waals surface area (Å²) in [6.45, 7) is 10.2. The minimum Gasteiger partial charge on any atom is -0.371 e. The molecule has 3 nitrogen and oxygen atoms in total. The molecule has 150 valence electrons. The SMILES string of the molecule is CC1=CC(=O)C(CCC(=O)c2cc(Cl)cc(N3CCC(C)CC3)c2C)C(C)=C1. The molecule has 3 rings (SSSR count). The lowest BCUT2D eigenvalue weighted by atomic mass is 9.84. The number of anilines is 1. The highest BCUT2D eigenvalue weighted by Gasteiger charge is 2.25. The van der Waals surface area contributed by atoms with Crippen LogP contribution in [0.5, 0.6) is 0 Å². The predicted octanol–water partition coefficient (Wildman–Crippen LogP) is 5.94. The Balaban J connectivity index is 1.75. The predicted molar refractivity (Wildman–Crippen MR) is 116 cm³/mol. The van der Waals surface area contributed by atoms with Crippen molar-refractivity contribution in [2.45, 2.75) is 53.4 Å². The fourth-order valence-electron chi connectivity index (χ4n) is 4.36. The molecule has 1 aliphatic carbocycles. The Bertz CT molecular complexity index is 844. The molecule has 1 unspecified atom stereocenters. The van der Waals surface area contributed by atoms with Crippen LogP contribution in [-0.2, 0) is 4.79 Å². The van der Waals surface area contributed by atoms with Crippen LogP contribution in [0.2, 0.25) is 5.02 Å². The van der Waals surface area contributed by atoms with E-state index in [9.17, 15) is 9.59 Å². The lowest BCUT2D eigenvalue weighted by molar-refractivity contribution is -0.117. The molecule has 1 fully saturated rings. The van der Waals surface area contributed by atoms with Crippen molar-refractivity contribution in [2.75, 3.05) is 18.0 Å². The topological polar surface area (TPSA) is 37.4 Å². The van der Waals surface area contributed by atoms with Gasteiger partial charge in [0.1, 0.15) is 0 Å². The maximum atomic E-state index is 13.0. The summed E-state index contributed by atoms with van der Waals surface area (Å²) in [7, 11) is 0. The highest BCUT2D eigenvalue weighted by atomic mass is 35.5. The Morgan fingerprint density at radius 1 is 1.14 bits per heavy atom. The van der Waals surface area contributed by atoms with Gasteiger partial charge in [-0.05, 0) is 75.3 Å². The second-order valence-electron chi connectivity index (χ2n) is 8.46. The highest BCUT2D eigenvalue weighted by Crippen LogP contribution is 2.33. The maximum Gasteiger partial charge on any atom is 0.163 e. The molecule has 28 heavy (non-hydrogen) atoms. The number of hydrogen-bond acceptors (Lipinski definition) is 3. The number of hydrogen-bond donors (Lipinski definition) is 0. The molecular weight excluding hydrogens is 370 g/mol. The Hall–Kier alpha value is -1.87. The third-order valence-corrected chi connectivity index (χ3v) is 6.37. The molecular formula is C24H30ClNO2. The van der Waals surface area contributed by atoms with Crippen molar-refractivity contribution < 1.29 is 9.59 Å². The number of piperidine rings is 1. The molecule has 0 amide bonds. The van der Waals surface area contributed by atoms with Gasteiger partial charge in [-0.15, -0.1) is 0 Å². The first kappa shape index (κ1) is 20.9. The van der Waals surface area contributed by atoms with E-state index in [2.05, 4.69) is 11.8 Å². The Morgan fingerprint density at radius 2 is 1.82 bits per heavy atom. The fourth-order valence-corrected chi connectivity index (χ4v) is 4.58. The summed E-state index contributed by atoms with van der Waals surface area (Å²) in [5.41, 5.74) is 4.80. The summed E-state index contributed by atoms with van der Waals surface area (Å²) < 4.78 is 0. The third-order valence-electron chi connectivity index (χ3n) is 6.15. The van der Waals surface area contributed by atoms with E-state index in [1.54, 1.807) is 12.1 Å². The number of benzene rings is 1. The van der Waals surface area contributed by atoms with E-state index in [-0.39, 0.29) is 17.5 Å². The van der Waals surface area contributed by atoms with Gasteiger partial charge in [-0.3, -0.25) is 9.59 Å². The van der Waals surface area contributed by atoms with Gasteiger partial charge in [0.15, 0.2) is 11.6 Å². The molecule has 0 radical (unpaired) electrons. The molecule has 2 aliphatic rings. The number of halogens is 1. The largest absolute Gasteiger partial charge is 0.371 e. The molecule has 0 spiro atoms. The summed E-state index contributed by atoms with van der Waals surface area (Å²) in [4.78, 5) is 27.7. The minimum atomic E-state index is -0.185. The van der Waals surface area contributed by atoms with Crippen molar-refractivity contribution in [1.82, 2.24) is 0 Å². The lowest BCUT2D eigenvalue weighted by Gasteiger charge is -2.33. The van der Waals surface area contributed by atoms with Gasteiger partial charge in [-0.1, -0.05) is 30.2 Å². The van der Waals surface area contributed by atoms with Crippen LogP contribution in [0.3, 0.4) is 0 Å². The fraction of sp³-hybridized carbons (Fsp3) is 0.500. The molecule has 0 aromatic heterocycles. The number of carbonyl (C=O) groups excluding carboxylic acids is 2. The summed E-state index contributed by atoms with van der Waals surface area (Å²) in [6, 6.07) is 3.76. The Morgan fingerprint density at radius 3 is 2.46 bits per heavy atom. The number of carbonyl (C=O) groups is 2. The van der Waals surface area contributed by atoms with Crippen LogP contribution in [0.1, 0.15) is 62.4 Å².